The number of sulfonamides is 1. The second kappa shape index (κ2) is 9.35. The zero-order valence-electron chi connectivity index (χ0n) is 16.5. The summed E-state index contributed by atoms with van der Waals surface area (Å²) in [5.41, 5.74) is -0.256. The van der Waals surface area contributed by atoms with Crippen LogP contribution in [0.3, 0.4) is 0 Å². The SMILES string of the molecule is COC1CCCN(S(=O)(=O)c2cc(C(=O)Nc3ccc(F)c(F)c3)ccc2F)CC1O. The van der Waals surface area contributed by atoms with Crippen LogP contribution in [-0.2, 0) is 14.8 Å². The van der Waals surface area contributed by atoms with E-state index in [1.807, 2.05) is 0 Å². The van der Waals surface area contributed by atoms with E-state index in [-0.39, 0.29) is 24.3 Å². The highest BCUT2D eigenvalue weighted by atomic mass is 32.2. The Kier molecular flexibility index (Phi) is 6.99. The van der Waals surface area contributed by atoms with Crippen LogP contribution in [0.2, 0.25) is 0 Å². The molecule has 11 heteroatoms. The minimum atomic E-state index is -4.37. The van der Waals surface area contributed by atoms with E-state index < -0.39 is 50.5 Å². The molecule has 1 aliphatic rings. The quantitative estimate of drug-likeness (QED) is 0.718. The Hall–Kier alpha value is -2.47. The van der Waals surface area contributed by atoms with Crippen molar-refractivity contribution in [2.45, 2.75) is 29.9 Å². The fraction of sp³-hybridized carbons (Fsp3) is 0.350. The fourth-order valence-corrected chi connectivity index (χ4v) is 4.92. The maximum Gasteiger partial charge on any atom is 0.255 e. The number of hydrogen-bond donors (Lipinski definition) is 2. The van der Waals surface area contributed by atoms with Crippen LogP contribution in [0.15, 0.2) is 41.3 Å². The number of halogens is 3. The molecule has 0 bridgehead atoms. The van der Waals surface area contributed by atoms with Crippen molar-refractivity contribution < 1.29 is 36.2 Å². The summed E-state index contributed by atoms with van der Waals surface area (Å²) in [6, 6.07) is 5.48. The third-order valence-corrected chi connectivity index (χ3v) is 6.89. The number of amides is 1. The van der Waals surface area contributed by atoms with Gasteiger partial charge in [-0.25, -0.2) is 21.6 Å². The summed E-state index contributed by atoms with van der Waals surface area (Å²) in [6.07, 6.45) is -0.807. The molecular formula is C20H21F3N2O5S. The number of rotatable bonds is 5. The van der Waals surface area contributed by atoms with Crippen LogP contribution in [0.25, 0.3) is 0 Å². The lowest BCUT2D eigenvalue weighted by atomic mass is 10.1. The molecule has 2 atom stereocenters. The van der Waals surface area contributed by atoms with Crippen LogP contribution in [0, 0.1) is 17.5 Å². The van der Waals surface area contributed by atoms with E-state index in [0.717, 1.165) is 40.7 Å². The monoisotopic (exact) mass is 458 g/mol. The molecule has 0 aliphatic carbocycles. The van der Waals surface area contributed by atoms with Gasteiger partial charge >= 0.3 is 0 Å². The first kappa shape index (κ1) is 23.2. The lowest BCUT2D eigenvalue weighted by Crippen LogP contribution is -2.40. The van der Waals surface area contributed by atoms with E-state index >= 15 is 0 Å². The van der Waals surface area contributed by atoms with E-state index in [2.05, 4.69) is 5.32 Å². The molecule has 168 valence electrons. The number of aliphatic hydroxyl groups excluding tert-OH is 1. The van der Waals surface area contributed by atoms with Crippen molar-refractivity contribution in [1.82, 2.24) is 4.31 Å². The van der Waals surface area contributed by atoms with Crippen molar-refractivity contribution in [3.8, 4) is 0 Å². The van der Waals surface area contributed by atoms with Gasteiger partial charge in [-0.3, -0.25) is 4.79 Å². The molecule has 1 fully saturated rings. The van der Waals surface area contributed by atoms with Crippen LogP contribution in [0.4, 0.5) is 18.9 Å². The number of methoxy groups -OCH3 is 1. The van der Waals surface area contributed by atoms with E-state index in [1.54, 1.807) is 0 Å². The summed E-state index contributed by atoms with van der Waals surface area (Å²) in [4.78, 5) is 11.7. The molecule has 1 saturated heterocycles. The number of β-amino-alcohol motifs (C(OH)–C–C–N with tert-alkyl or cyclic N) is 1. The molecule has 7 nitrogen and oxygen atoms in total. The average molecular weight is 458 g/mol. The number of anilines is 1. The van der Waals surface area contributed by atoms with Crippen molar-refractivity contribution in [1.29, 1.82) is 0 Å². The molecule has 2 aromatic carbocycles. The van der Waals surface area contributed by atoms with E-state index in [1.165, 1.54) is 7.11 Å². The van der Waals surface area contributed by atoms with Gasteiger partial charge in [-0.2, -0.15) is 4.31 Å². The molecule has 2 N–H and O–H groups in total. The van der Waals surface area contributed by atoms with Crippen molar-refractivity contribution in [2.24, 2.45) is 0 Å². The summed E-state index contributed by atoms with van der Waals surface area (Å²) < 4.78 is 73.0. The number of carbonyl (C=O) groups is 1. The maximum atomic E-state index is 14.4. The number of aliphatic hydroxyl groups is 1. The largest absolute Gasteiger partial charge is 0.389 e. The predicted octanol–water partition coefficient (Wildman–Crippen LogP) is 2.52. The van der Waals surface area contributed by atoms with E-state index in [0.29, 0.717) is 12.8 Å². The van der Waals surface area contributed by atoms with Gasteiger partial charge in [0.05, 0.1) is 12.2 Å². The molecule has 31 heavy (non-hydrogen) atoms. The van der Waals surface area contributed by atoms with Crippen molar-refractivity contribution in [3.05, 3.63) is 59.4 Å². The molecule has 1 aliphatic heterocycles. The number of ether oxygens (including phenoxy) is 1. The van der Waals surface area contributed by atoms with Crippen LogP contribution in [-0.4, -0.2) is 56.1 Å². The van der Waals surface area contributed by atoms with Gasteiger partial charge < -0.3 is 15.2 Å². The van der Waals surface area contributed by atoms with Gasteiger partial charge in [0.2, 0.25) is 10.0 Å². The Morgan fingerprint density at radius 2 is 1.84 bits per heavy atom. The molecule has 2 unspecified atom stereocenters. The van der Waals surface area contributed by atoms with Gasteiger partial charge in [-0.1, -0.05) is 0 Å². The van der Waals surface area contributed by atoms with E-state index in [4.69, 9.17) is 4.74 Å². The highest BCUT2D eigenvalue weighted by Crippen LogP contribution is 2.25. The second-order valence-corrected chi connectivity index (χ2v) is 8.98. The number of nitrogens with zero attached hydrogens (tertiary/aromatic N) is 1. The zero-order valence-corrected chi connectivity index (χ0v) is 17.3. The number of nitrogens with one attached hydrogen (secondary N) is 1. The summed E-state index contributed by atoms with van der Waals surface area (Å²) in [7, 11) is -2.96. The van der Waals surface area contributed by atoms with Crippen molar-refractivity contribution >= 4 is 21.6 Å². The highest BCUT2D eigenvalue weighted by Gasteiger charge is 2.34. The molecule has 1 heterocycles. The van der Waals surface area contributed by atoms with Gasteiger partial charge in [0.25, 0.3) is 5.91 Å². The van der Waals surface area contributed by atoms with Gasteiger partial charge in [0.1, 0.15) is 10.7 Å². The first-order valence-electron chi connectivity index (χ1n) is 9.40. The Balaban J connectivity index is 1.87. The topological polar surface area (TPSA) is 95.9 Å². The van der Waals surface area contributed by atoms with Gasteiger partial charge in [0, 0.05) is 37.5 Å². The van der Waals surface area contributed by atoms with Crippen LogP contribution in [0.5, 0.6) is 0 Å². The minimum absolute atomic E-state index is 0.0456. The Labute approximate surface area is 177 Å². The minimum Gasteiger partial charge on any atom is -0.389 e. The molecule has 0 radical (unpaired) electrons. The molecule has 3 rings (SSSR count). The fourth-order valence-electron chi connectivity index (χ4n) is 3.33. The van der Waals surface area contributed by atoms with Gasteiger partial charge in [-0.05, 0) is 43.2 Å². The molecule has 0 saturated carbocycles. The Morgan fingerprint density at radius 1 is 1.13 bits per heavy atom. The smallest absolute Gasteiger partial charge is 0.255 e. The van der Waals surface area contributed by atoms with Crippen molar-refractivity contribution in [3.63, 3.8) is 0 Å². The lowest BCUT2D eigenvalue weighted by Gasteiger charge is -2.24. The average Bonchev–Trinajstić information content (AvgIpc) is 2.92. The summed E-state index contributed by atoms with van der Waals surface area (Å²) in [6.45, 7) is -0.241. The summed E-state index contributed by atoms with van der Waals surface area (Å²) >= 11 is 0. The van der Waals surface area contributed by atoms with Gasteiger partial charge in [0.15, 0.2) is 11.6 Å². The van der Waals surface area contributed by atoms with Crippen molar-refractivity contribution in [2.75, 3.05) is 25.5 Å². The summed E-state index contributed by atoms with van der Waals surface area (Å²) in [5.74, 6) is -4.16. The van der Waals surface area contributed by atoms with E-state index in [9.17, 15) is 31.5 Å². The molecular weight excluding hydrogens is 437 g/mol. The van der Waals surface area contributed by atoms with Crippen LogP contribution < -0.4 is 5.32 Å². The third kappa shape index (κ3) is 5.06. The Morgan fingerprint density at radius 3 is 2.52 bits per heavy atom. The maximum absolute atomic E-state index is 14.4. The number of hydrogen-bond acceptors (Lipinski definition) is 5. The molecule has 0 spiro atoms. The standard InChI is InChI=1S/C20H21F3N2O5S/c1-30-18-3-2-8-25(11-17(18)26)31(28,29)19-9-12(4-6-15(19)22)20(27)24-13-5-7-14(21)16(23)10-13/h4-7,9-10,17-18,26H,2-3,8,11H2,1H3,(H,24,27). The lowest BCUT2D eigenvalue weighted by molar-refractivity contribution is -0.0136. The first-order valence-corrected chi connectivity index (χ1v) is 10.8. The van der Waals surface area contributed by atoms with Gasteiger partial charge in [-0.15, -0.1) is 0 Å². The first-order chi connectivity index (χ1) is 14.6. The number of carbonyl (C=O) groups excluding carboxylic acids is 1. The van der Waals surface area contributed by atoms with Crippen LogP contribution >= 0.6 is 0 Å². The predicted molar refractivity (Wildman–Crippen MR) is 106 cm³/mol. The Bertz CT molecular complexity index is 1080. The molecule has 0 aromatic heterocycles. The molecule has 1 amide bonds. The van der Waals surface area contributed by atoms with Crippen LogP contribution in [0.1, 0.15) is 23.2 Å². The second-order valence-electron chi connectivity index (χ2n) is 7.07. The summed E-state index contributed by atoms with van der Waals surface area (Å²) in [5, 5.41) is 12.5. The zero-order chi connectivity index (χ0) is 22.8. The molecule has 2 aromatic rings. The third-order valence-electron chi connectivity index (χ3n) is 5.01. The normalized spacial score (nSPS) is 20.3. The number of benzene rings is 2. The highest BCUT2D eigenvalue weighted by molar-refractivity contribution is 7.89.